The van der Waals surface area contributed by atoms with Crippen LogP contribution in [0.5, 0.6) is 0 Å². The van der Waals surface area contributed by atoms with Gasteiger partial charge in [-0.05, 0) is 39.0 Å². The van der Waals surface area contributed by atoms with E-state index in [4.69, 9.17) is 16.3 Å². The van der Waals surface area contributed by atoms with Crippen LogP contribution in [0.15, 0.2) is 34.9 Å². The first kappa shape index (κ1) is 21.8. The third-order valence-electron chi connectivity index (χ3n) is 3.74. The normalized spacial score (nSPS) is 19.2. The molecule has 27 heavy (non-hydrogen) atoms. The quantitative estimate of drug-likeness (QED) is 0.557. The van der Waals surface area contributed by atoms with Crippen molar-refractivity contribution in [3.63, 3.8) is 0 Å². The van der Waals surface area contributed by atoms with Gasteiger partial charge in [0.2, 0.25) is 5.91 Å². The second kappa shape index (κ2) is 7.83. The molecule has 0 saturated heterocycles. The molecular weight excluding hydrogens is 451 g/mol. The molecule has 2 unspecified atom stereocenters. The lowest BCUT2D eigenvalue weighted by molar-refractivity contribution is -0.174. The number of amides is 1. The molecule has 1 amide bonds. The predicted octanol–water partition coefficient (Wildman–Crippen LogP) is 5.41. The van der Waals surface area contributed by atoms with E-state index in [1.54, 1.807) is 26.8 Å². The Morgan fingerprint density at radius 2 is 1.96 bits per heavy atom. The molecule has 4 nitrogen and oxygen atoms in total. The zero-order chi connectivity index (χ0) is 20.6. The van der Waals surface area contributed by atoms with Crippen molar-refractivity contribution in [1.82, 2.24) is 4.90 Å². The number of hydrogen-bond donors (Lipinski definition) is 0. The van der Waals surface area contributed by atoms with E-state index in [0.29, 0.717) is 4.47 Å². The maximum atomic E-state index is 12.9. The molecule has 0 saturated carbocycles. The Balaban J connectivity index is 2.49. The Kier molecular flexibility index (Phi) is 6.31. The van der Waals surface area contributed by atoms with E-state index in [1.165, 1.54) is 12.1 Å². The molecule has 0 fully saturated rings. The van der Waals surface area contributed by atoms with E-state index in [9.17, 15) is 22.8 Å². The van der Waals surface area contributed by atoms with E-state index in [-0.39, 0.29) is 10.6 Å². The summed E-state index contributed by atoms with van der Waals surface area (Å²) in [6, 6.07) is 3.40. The number of carbonyl (C=O) groups excluding carboxylic acids is 2. The first-order chi connectivity index (χ1) is 12.3. The molecule has 2 rings (SSSR count). The second-order valence-electron chi connectivity index (χ2n) is 7.10. The van der Waals surface area contributed by atoms with Crippen LogP contribution in [0.2, 0.25) is 5.02 Å². The summed E-state index contributed by atoms with van der Waals surface area (Å²) in [4.78, 5) is 26.2. The van der Waals surface area contributed by atoms with Crippen LogP contribution in [0.1, 0.15) is 38.8 Å². The second-order valence-corrected chi connectivity index (χ2v) is 8.42. The van der Waals surface area contributed by atoms with Gasteiger partial charge in [0.15, 0.2) is 6.04 Å². The number of esters is 1. The summed E-state index contributed by atoms with van der Waals surface area (Å²) in [5, 5.41) is 0.188. The molecule has 0 aromatic heterocycles. The lowest BCUT2D eigenvalue weighted by Crippen LogP contribution is -2.42. The van der Waals surface area contributed by atoms with Crippen molar-refractivity contribution < 1.29 is 27.5 Å². The fourth-order valence-corrected chi connectivity index (χ4v) is 3.17. The third-order valence-corrected chi connectivity index (χ3v) is 4.58. The largest absolute Gasteiger partial charge is 0.458 e. The number of hydrogen-bond acceptors (Lipinski definition) is 3. The summed E-state index contributed by atoms with van der Waals surface area (Å²) in [7, 11) is 0. The molecule has 1 aliphatic heterocycles. The smallest absolute Gasteiger partial charge is 0.395 e. The van der Waals surface area contributed by atoms with Crippen molar-refractivity contribution in [2.45, 2.75) is 45.0 Å². The van der Waals surface area contributed by atoms with E-state index in [1.807, 2.05) is 0 Å². The van der Waals surface area contributed by atoms with E-state index in [2.05, 4.69) is 15.9 Å². The van der Waals surface area contributed by atoms with Gasteiger partial charge in [-0.25, -0.2) is 4.79 Å². The van der Waals surface area contributed by atoms with Gasteiger partial charge in [0.1, 0.15) is 5.60 Å². The number of alkyl halides is 3. The Labute approximate surface area is 168 Å². The van der Waals surface area contributed by atoms with Crippen molar-refractivity contribution in [3.05, 3.63) is 45.5 Å². The molecule has 1 aromatic carbocycles. The molecule has 0 bridgehead atoms. The van der Waals surface area contributed by atoms with Crippen molar-refractivity contribution in [3.8, 4) is 0 Å². The minimum atomic E-state index is -4.53. The number of nitrogens with zero attached hydrogens (tertiary/aromatic N) is 1. The molecule has 148 valence electrons. The van der Waals surface area contributed by atoms with Gasteiger partial charge in [0.25, 0.3) is 0 Å². The van der Waals surface area contributed by atoms with Crippen molar-refractivity contribution in [2.24, 2.45) is 5.92 Å². The molecule has 0 spiro atoms. The number of ether oxygens (including phenoxy) is 1. The fourth-order valence-electron chi connectivity index (χ4n) is 2.57. The summed E-state index contributed by atoms with van der Waals surface area (Å²) >= 11 is 9.47. The Hall–Kier alpha value is -1.54. The molecule has 0 radical (unpaired) electrons. The van der Waals surface area contributed by atoms with Gasteiger partial charge >= 0.3 is 12.1 Å². The van der Waals surface area contributed by atoms with Gasteiger partial charge in [0, 0.05) is 27.7 Å². The first-order valence-corrected chi connectivity index (χ1v) is 9.20. The highest BCUT2D eigenvalue weighted by Crippen LogP contribution is 2.38. The third kappa shape index (κ3) is 5.48. The first-order valence-electron chi connectivity index (χ1n) is 8.03. The summed E-state index contributed by atoms with van der Waals surface area (Å²) in [6.45, 7) is 4.95. The molecule has 1 heterocycles. The van der Waals surface area contributed by atoms with Crippen molar-refractivity contribution >= 4 is 39.4 Å². The zero-order valence-corrected chi connectivity index (χ0v) is 17.2. The highest BCUT2D eigenvalue weighted by molar-refractivity contribution is 9.10. The maximum Gasteiger partial charge on any atom is 0.395 e. The molecule has 0 aliphatic carbocycles. The molecule has 0 N–H and O–H groups in total. The van der Waals surface area contributed by atoms with Gasteiger partial charge in [0.05, 0.1) is 5.92 Å². The Morgan fingerprint density at radius 1 is 1.33 bits per heavy atom. The van der Waals surface area contributed by atoms with Crippen molar-refractivity contribution in [1.29, 1.82) is 0 Å². The standard InChI is InChI=1S/C18H18BrClF3NO3/c1-17(2,3)27-16(26)15(12-9-11(19)4-5-13(12)20)24-7-6-10(8-14(24)25)18(21,22)23/h4-7,9-10,15H,8H2,1-3H3. The maximum absolute atomic E-state index is 12.9. The van der Waals surface area contributed by atoms with E-state index >= 15 is 0 Å². The average Bonchev–Trinajstić information content (AvgIpc) is 2.49. The van der Waals surface area contributed by atoms with Crippen LogP contribution in [-0.2, 0) is 14.3 Å². The number of allylic oxidation sites excluding steroid dienone is 1. The van der Waals surface area contributed by atoms with Crippen LogP contribution < -0.4 is 0 Å². The van der Waals surface area contributed by atoms with Crippen molar-refractivity contribution in [2.75, 3.05) is 0 Å². The van der Waals surface area contributed by atoms with Gasteiger partial charge in [-0.15, -0.1) is 0 Å². The van der Waals surface area contributed by atoms with Crippen LogP contribution in [0, 0.1) is 5.92 Å². The van der Waals surface area contributed by atoms with Crippen LogP contribution >= 0.6 is 27.5 Å². The summed E-state index contributed by atoms with van der Waals surface area (Å²) in [6.07, 6.45) is -3.47. The van der Waals surface area contributed by atoms with Crippen LogP contribution in [0.25, 0.3) is 0 Å². The van der Waals surface area contributed by atoms with Gasteiger partial charge in [-0.2, -0.15) is 13.2 Å². The lowest BCUT2D eigenvalue weighted by Gasteiger charge is -2.34. The number of carbonyl (C=O) groups is 2. The van der Waals surface area contributed by atoms with Gasteiger partial charge < -0.3 is 9.64 Å². The Bertz CT molecular complexity index is 774. The molecule has 2 atom stereocenters. The molecule has 1 aromatic rings. The summed E-state index contributed by atoms with van der Waals surface area (Å²) < 4.78 is 44.7. The van der Waals surface area contributed by atoms with Crippen LogP contribution in [0.4, 0.5) is 13.2 Å². The Morgan fingerprint density at radius 3 is 2.48 bits per heavy atom. The van der Waals surface area contributed by atoms with Gasteiger partial charge in [-0.3, -0.25) is 4.79 Å². The predicted molar refractivity (Wildman–Crippen MR) is 97.9 cm³/mol. The molecule has 9 heteroatoms. The number of benzene rings is 1. The highest BCUT2D eigenvalue weighted by Gasteiger charge is 2.44. The monoisotopic (exact) mass is 467 g/mol. The molecular formula is C18H18BrClF3NO3. The average molecular weight is 469 g/mol. The van der Waals surface area contributed by atoms with Crippen LogP contribution in [-0.4, -0.2) is 28.6 Å². The highest BCUT2D eigenvalue weighted by atomic mass is 79.9. The summed E-state index contributed by atoms with van der Waals surface area (Å²) in [5.41, 5.74) is -0.603. The van der Waals surface area contributed by atoms with Gasteiger partial charge in [-0.1, -0.05) is 33.6 Å². The SMILES string of the molecule is CC(C)(C)OC(=O)C(c1cc(Br)ccc1Cl)N1C=CC(C(F)(F)F)CC1=O. The zero-order valence-electron chi connectivity index (χ0n) is 14.8. The van der Waals surface area contributed by atoms with Crippen LogP contribution in [0.3, 0.4) is 0 Å². The number of rotatable bonds is 3. The van der Waals surface area contributed by atoms with E-state index in [0.717, 1.165) is 17.2 Å². The van der Waals surface area contributed by atoms with E-state index < -0.39 is 42.0 Å². The fraction of sp³-hybridized carbons (Fsp3) is 0.444. The summed E-state index contributed by atoms with van der Waals surface area (Å²) in [5.74, 6) is -3.52. The topological polar surface area (TPSA) is 46.6 Å². The minimum absolute atomic E-state index is 0.188. The minimum Gasteiger partial charge on any atom is -0.458 e. The number of halogens is 5. The molecule has 1 aliphatic rings. The lowest BCUT2D eigenvalue weighted by atomic mass is 9.97.